The second-order valence-corrected chi connectivity index (χ2v) is 2.64. The highest BCUT2D eigenvalue weighted by Gasteiger charge is 2.07. The van der Waals surface area contributed by atoms with Crippen molar-refractivity contribution in [3.05, 3.63) is 18.7 Å². The van der Waals surface area contributed by atoms with Crippen molar-refractivity contribution in [1.82, 2.24) is 30.2 Å². The molecule has 0 aliphatic rings. The fraction of sp³-hybridized carbons (Fsp3) is 0.286. The molecule has 0 radical (unpaired) electrons. The van der Waals surface area contributed by atoms with E-state index in [9.17, 15) is 0 Å². The number of rotatable bonds is 3. The van der Waals surface area contributed by atoms with E-state index in [0.29, 0.717) is 18.9 Å². The van der Waals surface area contributed by atoms with Crippen molar-refractivity contribution in [3.8, 4) is 11.4 Å². The summed E-state index contributed by atoms with van der Waals surface area (Å²) in [5, 5.41) is 11.2. The molecule has 0 aromatic carbocycles. The van der Waals surface area contributed by atoms with Crippen molar-refractivity contribution in [1.29, 1.82) is 0 Å². The molecule has 0 spiro atoms. The second-order valence-electron chi connectivity index (χ2n) is 2.64. The Balaban J connectivity index is 2.37. The summed E-state index contributed by atoms with van der Waals surface area (Å²) in [5.74, 6) is 0.635. The first kappa shape index (κ1) is 8.70. The predicted octanol–water partition coefficient (Wildman–Crippen LogP) is -0.911. The Bertz CT molecular complexity index is 395. The first-order chi connectivity index (χ1) is 6.92. The molecule has 2 heterocycles. The molecule has 0 unspecified atom stereocenters. The molecule has 14 heavy (non-hydrogen) atoms. The maximum Gasteiger partial charge on any atom is 0.185 e. The van der Waals surface area contributed by atoms with Crippen molar-refractivity contribution in [2.45, 2.75) is 6.54 Å². The third-order valence-corrected chi connectivity index (χ3v) is 1.69. The lowest BCUT2D eigenvalue weighted by molar-refractivity contribution is 0.602. The minimum absolute atomic E-state index is 0.492. The molecule has 2 aromatic rings. The van der Waals surface area contributed by atoms with E-state index in [-0.39, 0.29) is 0 Å². The van der Waals surface area contributed by atoms with Gasteiger partial charge in [0.25, 0.3) is 0 Å². The molecule has 0 bridgehead atoms. The van der Waals surface area contributed by atoms with Crippen LogP contribution in [0.4, 0.5) is 0 Å². The predicted molar refractivity (Wildman–Crippen MR) is 47.9 cm³/mol. The van der Waals surface area contributed by atoms with Gasteiger partial charge in [-0.25, -0.2) is 14.6 Å². The second kappa shape index (κ2) is 3.88. The first-order valence-corrected chi connectivity index (χ1v) is 4.13. The number of hydrogen-bond acceptors (Lipinski definition) is 6. The van der Waals surface area contributed by atoms with Crippen LogP contribution < -0.4 is 5.73 Å². The van der Waals surface area contributed by atoms with E-state index in [0.717, 1.165) is 5.56 Å². The summed E-state index contributed by atoms with van der Waals surface area (Å²) in [6.07, 6.45) is 4.78. The molecule has 2 aromatic heterocycles. The number of aromatic nitrogens is 6. The summed E-state index contributed by atoms with van der Waals surface area (Å²) in [4.78, 5) is 7.78. The van der Waals surface area contributed by atoms with Crippen LogP contribution in [0.1, 0.15) is 0 Å². The van der Waals surface area contributed by atoms with Crippen LogP contribution in [0, 0.1) is 0 Å². The SMILES string of the molecule is NCCn1nnnc1-c1cncnc1. The van der Waals surface area contributed by atoms with Gasteiger partial charge in [0.15, 0.2) is 5.82 Å². The smallest absolute Gasteiger partial charge is 0.185 e. The zero-order chi connectivity index (χ0) is 9.80. The van der Waals surface area contributed by atoms with Crippen LogP contribution in [0.2, 0.25) is 0 Å². The summed E-state index contributed by atoms with van der Waals surface area (Å²) >= 11 is 0. The molecular formula is C7H9N7. The van der Waals surface area contributed by atoms with Crippen molar-refractivity contribution < 1.29 is 0 Å². The van der Waals surface area contributed by atoms with Gasteiger partial charge >= 0.3 is 0 Å². The molecular weight excluding hydrogens is 182 g/mol. The van der Waals surface area contributed by atoms with Crippen LogP contribution in [-0.2, 0) is 6.54 Å². The van der Waals surface area contributed by atoms with Gasteiger partial charge in [-0.2, -0.15) is 0 Å². The molecule has 0 amide bonds. The Morgan fingerprint density at radius 1 is 1.29 bits per heavy atom. The van der Waals surface area contributed by atoms with Gasteiger partial charge < -0.3 is 5.73 Å². The Kier molecular flexibility index (Phi) is 2.41. The first-order valence-electron chi connectivity index (χ1n) is 4.13. The lowest BCUT2D eigenvalue weighted by atomic mass is 10.3. The Hall–Kier alpha value is -1.89. The van der Waals surface area contributed by atoms with Crippen LogP contribution in [0.3, 0.4) is 0 Å². The highest BCUT2D eigenvalue weighted by atomic mass is 15.5. The van der Waals surface area contributed by atoms with Gasteiger partial charge in [-0.15, -0.1) is 5.10 Å². The van der Waals surface area contributed by atoms with Crippen LogP contribution >= 0.6 is 0 Å². The number of hydrogen-bond donors (Lipinski definition) is 1. The largest absolute Gasteiger partial charge is 0.329 e. The van der Waals surface area contributed by atoms with E-state index in [1.54, 1.807) is 17.1 Å². The molecule has 0 saturated heterocycles. The number of nitrogens with zero attached hydrogens (tertiary/aromatic N) is 6. The third kappa shape index (κ3) is 1.57. The molecule has 0 aliphatic heterocycles. The molecule has 7 heteroatoms. The van der Waals surface area contributed by atoms with Gasteiger partial charge in [-0.1, -0.05) is 0 Å². The maximum absolute atomic E-state index is 5.42. The average Bonchev–Trinajstić information content (AvgIpc) is 2.68. The lowest BCUT2D eigenvalue weighted by Gasteiger charge is -2.00. The number of nitrogens with two attached hydrogens (primary N) is 1. The monoisotopic (exact) mass is 191 g/mol. The van der Waals surface area contributed by atoms with Gasteiger partial charge in [0.2, 0.25) is 0 Å². The van der Waals surface area contributed by atoms with Gasteiger partial charge in [0, 0.05) is 18.9 Å². The standard InChI is InChI=1S/C7H9N7/c8-1-2-14-7(11-12-13-14)6-3-9-5-10-4-6/h3-5H,1-2,8H2. The molecule has 0 atom stereocenters. The molecule has 2 rings (SSSR count). The van der Waals surface area contributed by atoms with Crippen molar-refractivity contribution in [2.24, 2.45) is 5.73 Å². The van der Waals surface area contributed by atoms with Gasteiger partial charge in [-0.05, 0) is 10.4 Å². The highest BCUT2D eigenvalue weighted by molar-refractivity contribution is 5.50. The minimum Gasteiger partial charge on any atom is -0.329 e. The zero-order valence-corrected chi connectivity index (χ0v) is 7.41. The Morgan fingerprint density at radius 3 is 2.79 bits per heavy atom. The van der Waals surface area contributed by atoms with Crippen LogP contribution in [0.5, 0.6) is 0 Å². The van der Waals surface area contributed by atoms with Crippen LogP contribution in [0.15, 0.2) is 18.7 Å². The van der Waals surface area contributed by atoms with Crippen molar-refractivity contribution in [3.63, 3.8) is 0 Å². The fourth-order valence-corrected chi connectivity index (χ4v) is 1.10. The van der Waals surface area contributed by atoms with Gasteiger partial charge in [0.1, 0.15) is 6.33 Å². The van der Waals surface area contributed by atoms with Crippen molar-refractivity contribution in [2.75, 3.05) is 6.54 Å². The van der Waals surface area contributed by atoms with Gasteiger partial charge in [-0.3, -0.25) is 0 Å². The fourth-order valence-electron chi connectivity index (χ4n) is 1.10. The normalized spacial score (nSPS) is 10.4. The summed E-state index contributed by atoms with van der Waals surface area (Å²) in [7, 11) is 0. The van der Waals surface area contributed by atoms with E-state index in [1.165, 1.54) is 6.33 Å². The topological polar surface area (TPSA) is 95.4 Å². The molecule has 72 valence electrons. The molecule has 0 saturated carbocycles. The minimum atomic E-state index is 0.492. The molecule has 0 aliphatic carbocycles. The zero-order valence-electron chi connectivity index (χ0n) is 7.41. The van der Waals surface area contributed by atoms with Gasteiger partial charge in [0.05, 0.1) is 12.1 Å². The molecule has 2 N–H and O–H groups in total. The lowest BCUT2D eigenvalue weighted by Crippen LogP contribution is -2.12. The third-order valence-electron chi connectivity index (χ3n) is 1.69. The molecule has 7 nitrogen and oxygen atoms in total. The summed E-state index contributed by atoms with van der Waals surface area (Å²) in [6.45, 7) is 1.07. The summed E-state index contributed by atoms with van der Waals surface area (Å²) < 4.78 is 1.62. The quantitative estimate of drug-likeness (QED) is 0.674. The maximum atomic E-state index is 5.42. The van der Waals surface area contributed by atoms with E-state index in [1.807, 2.05) is 0 Å². The average molecular weight is 191 g/mol. The van der Waals surface area contributed by atoms with E-state index in [2.05, 4.69) is 25.5 Å². The Labute approximate surface area is 80.0 Å². The van der Waals surface area contributed by atoms with Crippen LogP contribution in [0.25, 0.3) is 11.4 Å². The van der Waals surface area contributed by atoms with Crippen LogP contribution in [-0.4, -0.2) is 36.7 Å². The summed E-state index contributed by atoms with van der Waals surface area (Å²) in [5.41, 5.74) is 6.20. The summed E-state index contributed by atoms with van der Waals surface area (Å²) in [6, 6.07) is 0. The Morgan fingerprint density at radius 2 is 2.07 bits per heavy atom. The number of tetrazole rings is 1. The van der Waals surface area contributed by atoms with E-state index in [4.69, 9.17) is 5.73 Å². The molecule has 0 fully saturated rings. The van der Waals surface area contributed by atoms with E-state index >= 15 is 0 Å². The van der Waals surface area contributed by atoms with Crippen molar-refractivity contribution >= 4 is 0 Å². The van der Waals surface area contributed by atoms with E-state index < -0.39 is 0 Å². The highest BCUT2D eigenvalue weighted by Crippen LogP contribution is 2.11.